The summed E-state index contributed by atoms with van der Waals surface area (Å²) < 4.78 is 32.0. The molecule has 0 aliphatic rings. The summed E-state index contributed by atoms with van der Waals surface area (Å²) in [5, 5.41) is 2.34. The molecule has 1 amide bonds. The minimum atomic E-state index is -0.656. The van der Waals surface area contributed by atoms with Gasteiger partial charge in [-0.25, -0.2) is 8.78 Å². The van der Waals surface area contributed by atoms with E-state index in [0.717, 1.165) is 6.07 Å². The summed E-state index contributed by atoms with van der Waals surface area (Å²) >= 11 is 0. The number of carbonyl (C=O) groups is 1. The predicted octanol–water partition coefficient (Wildman–Crippen LogP) is 2.87. The Morgan fingerprint density at radius 3 is 2.67 bits per heavy atom. The van der Waals surface area contributed by atoms with Crippen molar-refractivity contribution < 1.29 is 18.3 Å². The van der Waals surface area contributed by atoms with Crippen molar-refractivity contribution in [1.29, 1.82) is 0 Å². The average molecular weight is 292 g/mol. The summed E-state index contributed by atoms with van der Waals surface area (Å²) in [6, 6.07) is 8.26. The Labute approximate surface area is 120 Å². The second-order valence-corrected chi connectivity index (χ2v) is 4.46. The monoisotopic (exact) mass is 292 g/mol. The second-order valence-electron chi connectivity index (χ2n) is 4.46. The van der Waals surface area contributed by atoms with Crippen LogP contribution in [0.4, 0.5) is 20.2 Å². The van der Waals surface area contributed by atoms with E-state index in [1.54, 1.807) is 13.0 Å². The van der Waals surface area contributed by atoms with Crippen molar-refractivity contribution in [3.05, 3.63) is 53.6 Å². The third-order valence-electron chi connectivity index (χ3n) is 2.83. The van der Waals surface area contributed by atoms with Gasteiger partial charge in [-0.3, -0.25) is 4.79 Å². The van der Waals surface area contributed by atoms with Gasteiger partial charge in [0.05, 0.1) is 5.69 Å². The average Bonchev–Trinajstić information content (AvgIpc) is 2.44. The first-order chi connectivity index (χ1) is 9.97. The molecule has 0 radical (unpaired) electrons. The predicted molar refractivity (Wildman–Crippen MR) is 76.1 cm³/mol. The number of nitrogens with two attached hydrogens (primary N) is 1. The number of nitrogen functional groups attached to an aromatic ring is 1. The van der Waals surface area contributed by atoms with Gasteiger partial charge in [-0.1, -0.05) is 12.1 Å². The van der Waals surface area contributed by atoms with E-state index in [1.165, 1.54) is 24.3 Å². The SMILES string of the molecule is Cc1cc(OCC(=O)Nc2ccccc2F)c(F)cc1N. The molecule has 0 unspecified atom stereocenters. The van der Waals surface area contributed by atoms with Gasteiger partial charge in [0.2, 0.25) is 0 Å². The van der Waals surface area contributed by atoms with Gasteiger partial charge in [-0.2, -0.15) is 0 Å². The molecule has 0 bridgehead atoms. The summed E-state index contributed by atoms with van der Waals surface area (Å²) in [6.45, 7) is 1.26. The zero-order valence-corrected chi connectivity index (χ0v) is 11.3. The molecule has 0 heterocycles. The Morgan fingerprint density at radius 2 is 1.95 bits per heavy atom. The molecule has 0 atom stereocenters. The van der Waals surface area contributed by atoms with E-state index in [-0.39, 0.29) is 11.4 Å². The first kappa shape index (κ1) is 14.8. The first-order valence-electron chi connectivity index (χ1n) is 6.20. The maximum Gasteiger partial charge on any atom is 0.262 e. The number of halogens is 2. The minimum Gasteiger partial charge on any atom is -0.481 e. The molecule has 0 fully saturated rings. The Kier molecular flexibility index (Phi) is 4.37. The van der Waals surface area contributed by atoms with Crippen LogP contribution in [0.25, 0.3) is 0 Å². The Bertz CT molecular complexity index is 675. The Morgan fingerprint density at radius 1 is 1.24 bits per heavy atom. The van der Waals surface area contributed by atoms with Gasteiger partial charge in [0.1, 0.15) is 5.82 Å². The van der Waals surface area contributed by atoms with Crippen LogP contribution >= 0.6 is 0 Å². The van der Waals surface area contributed by atoms with Crippen LogP contribution in [0.3, 0.4) is 0 Å². The third kappa shape index (κ3) is 3.68. The van der Waals surface area contributed by atoms with Crippen molar-refractivity contribution in [2.24, 2.45) is 0 Å². The molecule has 0 aromatic heterocycles. The van der Waals surface area contributed by atoms with Gasteiger partial charge in [-0.05, 0) is 30.7 Å². The topological polar surface area (TPSA) is 64.3 Å². The highest BCUT2D eigenvalue weighted by Crippen LogP contribution is 2.23. The number of nitrogens with one attached hydrogen (secondary N) is 1. The van der Waals surface area contributed by atoms with Crippen LogP contribution in [0, 0.1) is 18.6 Å². The van der Waals surface area contributed by atoms with Crippen LogP contribution in [-0.2, 0) is 4.79 Å². The first-order valence-corrected chi connectivity index (χ1v) is 6.20. The lowest BCUT2D eigenvalue weighted by Gasteiger charge is -2.10. The van der Waals surface area contributed by atoms with Crippen molar-refractivity contribution in [1.82, 2.24) is 0 Å². The number of carbonyl (C=O) groups excluding carboxylic acids is 1. The van der Waals surface area contributed by atoms with Gasteiger partial charge in [0, 0.05) is 11.8 Å². The number of para-hydroxylation sites is 1. The van der Waals surface area contributed by atoms with Crippen molar-refractivity contribution in [2.75, 3.05) is 17.7 Å². The molecular formula is C15H14F2N2O2. The van der Waals surface area contributed by atoms with E-state index in [2.05, 4.69) is 5.32 Å². The second kappa shape index (κ2) is 6.21. The largest absolute Gasteiger partial charge is 0.481 e. The number of rotatable bonds is 4. The number of hydrogen-bond acceptors (Lipinski definition) is 3. The molecule has 0 aliphatic heterocycles. The zero-order valence-electron chi connectivity index (χ0n) is 11.3. The van der Waals surface area contributed by atoms with E-state index in [0.29, 0.717) is 11.3 Å². The van der Waals surface area contributed by atoms with Crippen LogP contribution in [0.2, 0.25) is 0 Å². The normalized spacial score (nSPS) is 10.2. The standard InChI is InChI=1S/C15H14F2N2O2/c1-9-6-14(11(17)7-12(9)18)21-8-15(20)19-13-5-3-2-4-10(13)16/h2-7H,8,18H2,1H3,(H,19,20). The molecule has 0 aliphatic carbocycles. The Balaban J connectivity index is 1.99. The highest BCUT2D eigenvalue weighted by molar-refractivity contribution is 5.91. The molecular weight excluding hydrogens is 278 g/mol. The molecule has 21 heavy (non-hydrogen) atoms. The maximum absolute atomic E-state index is 13.6. The van der Waals surface area contributed by atoms with Gasteiger partial charge in [-0.15, -0.1) is 0 Å². The molecule has 2 aromatic carbocycles. The van der Waals surface area contributed by atoms with Crippen molar-refractivity contribution in [3.8, 4) is 5.75 Å². The van der Waals surface area contributed by atoms with Crippen LogP contribution in [0.1, 0.15) is 5.56 Å². The highest BCUT2D eigenvalue weighted by atomic mass is 19.1. The summed E-state index contributed by atoms with van der Waals surface area (Å²) in [5.41, 5.74) is 6.53. The summed E-state index contributed by atoms with van der Waals surface area (Å²) in [4.78, 5) is 11.7. The molecule has 0 saturated heterocycles. The van der Waals surface area contributed by atoms with Gasteiger partial charge in [0.15, 0.2) is 18.2 Å². The summed E-state index contributed by atoms with van der Waals surface area (Å²) in [5.74, 6) is -1.88. The highest BCUT2D eigenvalue weighted by Gasteiger charge is 2.10. The molecule has 0 saturated carbocycles. The summed E-state index contributed by atoms with van der Waals surface area (Å²) in [7, 11) is 0. The maximum atomic E-state index is 13.6. The number of ether oxygens (including phenoxy) is 1. The number of benzene rings is 2. The fourth-order valence-electron chi connectivity index (χ4n) is 1.67. The number of anilines is 2. The van der Waals surface area contributed by atoms with Crippen molar-refractivity contribution in [2.45, 2.75) is 6.92 Å². The number of hydrogen-bond donors (Lipinski definition) is 2. The van der Waals surface area contributed by atoms with E-state index in [1.807, 2.05) is 0 Å². The smallest absolute Gasteiger partial charge is 0.262 e. The minimum absolute atomic E-state index is 0.0417. The fraction of sp³-hybridized carbons (Fsp3) is 0.133. The van der Waals surface area contributed by atoms with Crippen molar-refractivity contribution >= 4 is 17.3 Å². The van der Waals surface area contributed by atoms with Crippen LogP contribution in [0.5, 0.6) is 5.75 Å². The molecule has 4 nitrogen and oxygen atoms in total. The lowest BCUT2D eigenvalue weighted by molar-refractivity contribution is -0.118. The molecule has 2 aromatic rings. The van der Waals surface area contributed by atoms with E-state index in [4.69, 9.17) is 10.5 Å². The lowest BCUT2D eigenvalue weighted by atomic mass is 10.2. The molecule has 2 rings (SSSR count). The van der Waals surface area contributed by atoms with E-state index >= 15 is 0 Å². The van der Waals surface area contributed by atoms with Crippen LogP contribution in [-0.4, -0.2) is 12.5 Å². The molecule has 3 N–H and O–H groups in total. The number of aryl methyl sites for hydroxylation is 1. The zero-order chi connectivity index (χ0) is 15.4. The van der Waals surface area contributed by atoms with Crippen LogP contribution in [0.15, 0.2) is 36.4 Å². The third-order valence-corrected chi connectivity index (χ3v) is 2.83. The van der Waals surface area contributed by atoms with Gasteiger partial charge < -0.3 is 15.8 Å². The van der Waals surface area contributed by atoms with Gasteiger partial charge >= 0.3 is 0 Å². The molecule has 6 heteroatoms. The van der Waals surface area contributed by atoms with E-state index < -0.39 is 24.1 Å². The lowest BCUT2D eigenvalue weighted by Crippen LogP contribution is -2.21. The number of amides is 1. The van der Waals surface area contributed by atoms with Crippen molar-refractivity contribution in [3.63, 3.8) is 0 Å². The molecule has 110 valence electrons. The van der Waals surface area contributed by atoms with Crippen LogP contribution < -0.4 is 15.8 Å². The van der Waals surface area contributed by atoms with E-state index in [9.17, 15) is 13.6 Å². The van der Waals surface area contributed by atoms with Gasteiger partial charge in [0.25, 0.3) is 5.91 Å². The molecule has 0 spiro atoms. The fourth-order valence-corrected chi connectivity index (χ4v) is 1.67. The Hall–Kier alpha value is -2.63. The quantitative estimate of drug-likeness (QED) is 0.852. The summed E-state index contributed by atoms with van der Waals surface area (Å²) in [6.07, 6.45) is 0.